The molecule has 1 fully saturated rings. The minimum Gasteiger partial charge on any atom is -0.489 e. The average Bonchev–Trinajstić information content (AvgIpc) is 3.09. The minimum absolute atomic E-state index is 0.0784. The van der Waals surface area contributed by atoms with E-state index in [4.69, 9.17) is 16.3 Å². The molecule has 0 radical (unpaired) electrons. The molecule has 1 unspecified atom stereocenters. The van der Waals surface area contributed by atoms with Crippen LogP contribution in [-0.4, -0.2) is 37.0 Å². The van der Waals surface area contributed by atoms with E-state index in [2.05, 4.69) is 5.32 Å². The van der Waals surface area contributed by atoms with Crippen molar-refractivity contribution in [2.24, 2.45) is 0 Å². The van der Waals surface area contributed by atoms with E-state index in [1.165, 1.54) is 0 Å². The molecule has 3 rings (SSSR count). The largest absolute Gasteiger partial charge is 0.489 e. The van der Waals surface area contributed by atoms with Crippen molar-refractivity contribution in [2.75, 3.05) is 20.1 Å². The first-order valence-electron chi connectivity index (χ1n) is 8.60. The zero-order chi connectivity index (χ0) is 17.6. The average molecular weight is 359 g/mol. The quantitative estimate of drug-likeness (QED) is 0.855. The van der Waals surface area contributed by atoms with Gasteiger partial charge in [0, 0.05) is 29.7 Å². The molecule has 0 spiro atoms. The molecule has 25 heavy (non-hydrogen) atoms. The van der Waals surface area contributed by atoms with E-state index in [0.29, 0.717) is 22.9 Å². The van der Waals surface area contributed by atoms with Crippen molar-refractivity contribution in [2.45, 2.75) is 25.5 Å². The number of ether oxygens (including phenoxy) is 1. The van der Waals surface area contributed by atoms with Crippen molar-refractivity contribution in [3.63, 3.8) is 0 Å². The minimum atomic E-state index is 0.0784. The van der Waals surface area contributed by atoms with Gasteiger partial charge in [0.15, 0.2) is 0 Å². The van der Waals surface area contributed by atoms with Gasteiger partial charge in [-0.2, -0.15) is 0 Å². The second kappa shape index (κ2) is 8.37. The first kappa shape index (κ1) is 17.8. The van der Waals surface area contributed by atoms with Gasteiger partial charge < -0.3 is 15.0 Å². The highest BCUT2D eigenvalue weighted by atomic mass is 35.5. The van der Waals surface area contributed by atoms with Crippen LogP contribution in [0.15, 0.2) is 48.5 Å². The summed E-state index contributed by atoms with van der Waals surface area (Å²) in [5.41, 5.74) is 1.71. The summed E-state index contributed by atoms with van der Waals surface area (Å²) in [5, 5.41) is 3.88. The molecule has 0 aliphatic carbocycles. The third-order valence-corrected chi connectivity index (χ3v) is 4.73. The van der Waals surface area contributed by atoms with Crippen LogP contribution in [0.2, 0.25) is 5.02 Å². The van der Waals surface area contributed by atoms with Gasteiger partial charge in [-0.25, -0.2) is 0 Å². The van der Waals surface area contributed by atoms with E-state index in [9.17, 15) is 4.79 Å². The van der Waals surface area contributed by atoms with Gasteiger partial charge in [0.2, 0.25) is 0 Å². The molecule has 1 heterocycles. The third-order valence-electron chi connectivity index (χ3n) is 4.48. The lowest BCUT2D eigenvalue weighted by molar-refractivity contribution is 0.0736. The van der Waals surface area contributed by atoms with E-state index >= 15 is 0 Å². The summed E-state index contributed by atoms with van der Waals surface area (Å²) >= 11 is 5.89. The molecular formula is C20H23ClN2O2. The number of hydrogen-bond acceptors (Lipinski definition) is 3. The van der Waals surface area contributed by atoms with E-state index in [1.54, 1.807) is 0 Å². The first-order chi connectivity index (χ1) is 12.2. The smallest absolute Gasteiger partial charge is 0.254 e. The van der Waals surface area contributed by atoms with Crippen LogP contribution in [0.5, 0.6) is 5.75 Å². The first-order valence-corrected chi connectivity index (χ1v) is 8.98. The van der Waals surface area contributed by atoms with Crippen molar-refractivity contribution >= 4 is 17.5 Å². The number of carbonyl (C=O) groups is 1. The maximum absolute atomic E-state index is 12.8. The van der Waals surface area contributed by atoms with Crippen molar-refractivity contribution in [3.05, 3.63) is 64.7 Å². The number of likely N-dealkylation sites (N-methyl/N-ethyl adjacent to an activating group) is 1. The van der Waals surface area contributed by atoms with Gasteiger partial charge >= 0.3 is 0 Å². The summed E-state index contributed by atoms with van der Waals surface area (Å²) in [5.74, 6) is 0.778. The second-order valence-electron chi connectivity index (χ2n) is 6.30. The molecule has 1 aliphatic heterocycles. The number of nitrogens with zero attached hydrogens (tertiary/aromatic N) is 1. The third kappa shape index (κ3) is 4.53. The number of rotatable bonds is 6. The van der Waals surface area contributed by atoms with E-state index in [0.717, 1.165) is 31.5 Å². The summed E-state index contributed by atoms with van der Waals surface area (Å²) in [7, 11) is 1.92. The topological polar surface area (TPSA) is 41.6 Å². The predicted molar refractivity (Wildman–Crippen MR) is 100 cm³/mol. The number of nitrogens with one attached hydrogen (secondary N) is 1. The van der Waals surface area contributed by atoms with Gasteiger partial charge in [0.1, 0.15) is 12.4 Å². The zero-order valence-electron chi connectivity index (χ0n) is 14.4. The molecule has 2 aromatic carbocycles. The summed E-state index contributed by atoms with van der Waals surface area (Å²) in [6.07, 6.45) is 2.12. The van der Waals surface area contributed by atoms with Gasteiger partial charge in [-0.15, -0.1) is 0 Å². The van der Waals surface area contributed by atoms with Crippen LogP contribution in [-0.2, 0) is 6.61 Å². The normalized spacial score (nSPS) is 16.9. The molecule has 4 nitrogen and oxygen atoms in total. The van der Waals surface area contributed by atoms with Crippen molar-refractivity contribution in [1.29, 1.82) is 0 Å². The van der Waals surface area contributed by atoms with Crippen LogP contribution < -0.4 is 10.1 Å². The molecule has 5 heteroatoms. The fraction of sp³-hybridized carbons (Fsp3) is 0.350. The molecule has 0 aromatic heterocycles. The maximum Gasteiger partial charge on any atom is 0.254 e. The SMILES string of the molecule is CNCC1CCCN1C(=O)c1cccc(OCc2ccc(Cl)cc2)c1. The Morgan fingerprint density at radius 1 is 1.28 bits per heavy atom. The summed E-state index contributed by atoms with van der Waals surface area (Å²) in [6.45, 7) is 2.10. The van der Waals surface area contributed by atoms with Gasteiger partial charge in [-0.05, 0) is 55.8 Å². The molecule has 1 saturated heterocycles. The number of likely N-dealkylation sites (tertiary alicyclic amines) is 1. The van der Waals surface area contributed by atoms with E-state index in [-0.39, 0.29) is 11.9 Å². The Morgan fingerprint density at radius 3 is 2.84 bits per heavy atom. The fourth-order valence-electron chi connectivity index (χ4n) is 3.18. The molecule has 0 bridgehead atoms. The predicted octanol–water partition coefficient (Wildman–Crippen LogP) is 3.74. The molecule has 1 atom stereocenters. The van der Waals surface area contributed by atoms with Crippen LogP contribution in [0.4, 0.5) is 0 Å². The van der Waals surface area contributed by atoms with Gasteiger partial charge in [-0.3, -0.25) is 4.79 Å². The Hall–Kier alpha value is -2.04. The zero-order valence-corrected chi connectivity index (χ0v) is 15.1. The lowest BCUT2D eigenvalue weighted by Gasteiger charge is -2.24. The number of carbonyl (C=O) groups excluding carboxylic acids is 1. The molecule has 1 aliphatic rings. The molecule has 1 N–H and O–H groups in total. The highest BCUT2D eigenvalue weighted by Crippen LogP contribution is 2.22. The molecule has 1 amide bonds. The van der Waals surface area contributed by atoms with Crippen LogP contribution >= 0.6 is 11.6 Å². The van der Waals surface area contributed by atoms with Gasteiger partial charge in [-0.1, -0.05) is 29.8 Å². The molecule has 132 valence electrons. The Bertz CT molecular complexity index is 718. The lowest BCUT2D eigenvalue weighted by Crippen LogP contribution is -2.40. The fourth-order valence-corrected chi connectivity index (χ4v) is 3.31. The molecule has 0 saturated carbocycles. The van der Waals surface area contributed by atoms with Crippen LogP contribution in [0.1, 0.15) is 28.8 Å². The lowest BCUT2D eigenvalue weighted by atomic mass is 10.1. The van der Waals surface area contributed by atoms with Crippen molar-refractivity contribution < 1.29 is 9.53 Å². The highest BCUT2D eigenvalue weighted by molar-refractivity contribution is 6.30. The van der Waals surface area contributed by atoms with Gasteiger partial charge in [0.25, 0.3) is 5.91 Å². The summed E-state index contributed by atoms with van der Waals surface area (Å²) < 4.78 is 5.83. The Kier molecular flexibility index (Phi) is 5.95. The standard InChI is InChI=1S/C20H23ClN2O2/c1-22-13-18-5-3-11-23(18)20(24)16-4-2-6-19(12-16)25-14-15-7-9-17(21)10-8-15/h2,4,6-10,12,18,22H,3,5,11,13-14H2,1H3. The highest BCUT2D eigenvalue weighted by Gasteiger charge is 2.28. The molecule has 2 aromatic rings. The van der Waals surface area contributed by atoms with Crippen LogP contribution in [0.3, 0.4) is 0 Å². The van der Waals surface area contributed by atoms with Crippen molar-refractivity contribution in [3.8, 4) is 5.75 Å². The Labute approximate surface area is 153 Å². The summed E-state index contributed by atoms with van der Waals surface area (Å²) in [6, 6.07) is 15.3. The monoisotopic (exact) mass is 358 g/mol. The van der Waals surface area contributed by atoms with Gasteiger partial charge in [0.05, 0.1) is 0 Å². The van der Waals surface area contributed by atoms with Crippen LogP contribution in [0.25, 0.3) is 0 Å². The van der Waals surface area contributed by atoms with E-state index in [1.807, 2.05) is 60.5 Å². The number of benzene rings is 2. The molecular weight excluding hydrogens is 336 g/mol. The van der Waals surface area contributed by atoms with Crippen LogP contribution in [0, 0.1) is 0 Å². The number of halogens is 1. The Morgan fingerprint density at radius 2 is 2.08 bits per heavy atom. The second-order valence-corrected chi connectivity index (χ2v) is 6.73. The number of amides is 1. The van der Waals surface area contributed by atoms with Crippen molar-refractivity contribution in [1.82, 2.24) is 10.2 Å². The summed E-state index contributed by atoms with van der Waals surface area (Å²) in [4.78, 5) is 14.8. The maximum atomic E-state index is 12.8. The number of hydrogen-bond donors (Lipinski definition) is 1. The van der Waals surface area contributed by atoms with E-state index < -0.39 is 0 Å². The Balaban J connectivity index is 1.66.